The molecule has 3 atom stereocenters. The number of hydrogen-bond donors (Lipinski definition) is 3. The summed E-state index contributed by atoms with van der Waals surface area (Å²) in [5, 5.41) is 9.65. The van der Waals surface area contributed by atoms with Crippen molar-refractivity contribution < 1.29 is 14.7 Å². The first-order valence-electron chi connectivity index (χ1n) is 5.08. The lowest BCUT2D eigenvalue weighted by molar-refractivity contribution is -0.0641. The molecule has 1 fully saturated rings. The number of rotatable bonds is 3. The molecule has 0 radical (unpaired) electrons. The molecule has 8 nitrogen and oxygen atoms in total. The molecular weight excluding hydrogens is 230 g/mol. The van der Waals surface area contributed by atoms with Crippen LogP contribution < -0.4 is 17.1 Å². The molecule has 94 valence electrons. The molecule has 2 rings (SSSR count). The lowest BCUT2D eigenvalue weighted by Crippen LogP contribution is -2.32. The third-order valence-corrected chi connectivity index (χ3v) is 2.63. The Kier molecular flexibility index (Phi) is 3.38. The van der Waals surface area contributed by atoms with Gasteiger partial charge in [-0.1, -0.05) is 0 Å². The normalized spacial score (nSPS) is 28.5. The van der Waals surface area contributed by atoms with Crippen molar-refractivity contribution in [3.05, 3.63) is 33.1 Å². The van der Waals surface area contributed by atoms with Gasteiger partial charge in [0.05, 0.1) is 12.7 Å². The third-order valence-electron chi connectivity index (χ3n) is 2.63. The molecule has 4 N–H and O–H groups in total. The molecule has 0 aromatic carbocycles. The van der Waals surface area contributed by atoms with E-state index in [4.69, 9.17) is 10.6 Å². The van der Waals surface area contributed by atoms with E-state index < -0.39 is 29.7 Å². The smallest absolute Gasteiger partial charge is 0.330 e. The number of nitrogens with one attached hydrogen (secondary N) is 1. The summed E-state index contributed by atoms with van der Waals surface area (Å²) in [5.74, 6) is 4.90. The largest absolute Gasteiger partial charge is 0.390 e. The Hall–Kier alpha value is -1.48. The standard InChI is InChI=1S/C9H13N3O5/c10-16-4-6-5(13)3-8(17-6)12-2-1-7(14)11-9(12)15/h1-2,5-6,8,13H,3-4,10H2,(H,11,14,15)/t5-,6+,8+/m0/s1. The number of aliphatic hydroxyl groups excluding tert-OH is 1. The van der Waals surface area contributed by atoms with E-state index in [1.54, 1.807) is 0 Å². The second-order valence-electron chi connectivity index (χ2n) is 3.78. The lowest BCUT2D eigenvalue weighted by Gasteiger charge is -2.14. The van der Waals surface area contributed by atoms with Crippen LogP contribution in [0.5, 0.6) is 0 Å². The summed E-state index contributed by atoms with van der Waals surface area (Å²) in [6.45, 7) is 0.0375. The second-order valence-corrected chi connectivity index (χ2v) is 3.78. The number of aromatic nitrogens is 2. The number of nitrogens with zero attached hydrogens (tertiary/aromatic N) is 1. The maximum Gasteiger partial charge on any atom is 0.330 e. The number of nitrogens with two attached hydrogens (primary N) is 1. The van der Waals surface area contributed by atoms with Gasteiger partial charge in [0.2, 0.25) is 0 Å². The molecule has 17 heavy (non-hydrogen) atoms. The van der Waals surface area contributed by atoms with Gasteiger partial charge in [0, 0.05) is 18.7 Å². The van der Waals surface area contributed by atoms with Crippen LogP contribution in [-0.4, -0.2) is 33.5 Å². The van der Waals surface area contributed by atoms with Crippen molar-refractivity contribution in [1.29, 1.82) is 0 Å². The predicted octanol–water partition coefficient (Wildman–Crippen LogP) is -1.92. The Labute approximate surface area is 95.5 Å². The lowest BCUT2D eigenvalue weighted by atomic mass is 10.2. The van der Waals surface area contributed by atoms with E-state index in [-0.39, 0.29) is 13.0 Å². The Bertz CT molecular complexity index is 496. The fourth-order valence-electron chi connectivity index (χ4n) is 1.78. The monoisotopic (exact) mass is 243 g/mol. The van der Waals surface area contributed by atoms with Gasteiger partial charge >= 0.3 is 5.69 Å². The highest BCUT2D eigenvalue weighted by molar-refractivity contribution is 4.88. The van der Waals surface area contributed by atoms with Crippen LogP contribution in [0.25, 0.3) is 0 Å². The topological polar surface area (TPSA) is 120 Å². The number of aromatic amines is 1. The van der Waals surface area contributed by atoms with Gasteiger partial charge in [-0.2, -0.15) is 0 Å². The zero-order valence-corrected chi connectivity index (χ0v) is 8.91. The van der Waals surface area contributed by atoms with Gasteiger partial charge in [-0.15, -0.1) is 0 Å². The Morgan fingerprint density at radius 2 is 2.41 bits per heavy atom. The molecule has 2 heterocycles. The number of ether oxygens (including phenoxy) is 1. The van der Waals surface area contributed by atoms with Gasteiger partial charge in [-0.3, -0.25) is 14.3 Å². The van der Waals surface area contributed by atoms with Crippen molar-refractivity contribution in [2.24, 2.45) is 5.90 Å². The van der Waals surface area contributed by atoms with Crippen LogP contribution in [0, 0.1) is 0 Å². The molecule has 0 saturated carbocycles. The van der Waals surface area contributed by atoms with Crippen molar-refractivity contribution in [1.82, 2.24) is 9.55 Å². The van der Waals surface area contributed by atoms with E-state index in [1.165, 1.54) is 16.8 Å². The van der Waals surface area contributed by atoms with Crippen LogP contribution in [-0.2, 0) is 9.57 Å². The van der Waals surface area contributed by atoms with Crippen LogP contribution in [0.3, 0.4) is 0 Å². The summed E-state index contributed by atoms with van der Waals surface area (Å²) in [5.41, 5.74) is -1.06. The highest BCUT2D eigenvalue weighted by atomic mass is 16.6. The van der Waals surface area contributed by atoms with E-state index in [1.807, 2.05) is 0 Å². The fourth-order valence-corrected chi connectivity index (χ4v) is 1.78. The minimum Gasteiger partial charge on any atom is -0.390 e. The van der Waals surface area contributed by atoms with Crippen LogP contribution in [0.15, 0.2) is 21.9 Å². The molecule has 1 aromatic heterocycles. The molecular formula is C9H13N3O5. The second kappa shape index (κ2) is 4.80. The van der Waals surface area contributed by atoms with Crippen molar-refractivity contribution >= 4 is 0 Å². The van der Waals surface area contributed by atoms with Crippen molar-refractivity contribution in [2.75, 3.05) is 6.61 Å². The molecule has 1 aliphatic rings. The average Bonchev–Trinajstić information content (AvgIpc) is 2.60. The predicted molar refractivity (Wildman–Crippen MR) is 56.0 cm³/mol. The van der Waals surface area contributed by atoms with E-state index in [9.17, 15) is 14.7 Å². The zero-order valence-electron chi connectivity index (χ0n) is 8.91. The van der Waals surface area contributed by atoms with Gasteiger partial charge in [0.1, 0.15) is 12.3 Å². The average molecular weight is 243 g/mol. The highest BCUT2D eigenvalue weighted by Crippen LogP contribution is 2.27. The van der Waals surface area contributed by atoms with E-state index in [0.29, 0.717) is 0 Å². The molecule has 0 aliphatic carbocycles. The molecule has 1 saturated heterocycles. The number of H-pyrrole nitrogens is 1. The van der Waals surface area contributed by atoms with Crippen molar-refractivity contribution in [3.63, 3.8) is 0 Å². The molecule has 8 heteroatoms. The molecule has 0 bridgehead atoms. The quantitative estimate of drug-likeness (QED) is 0.532. The molecule has 1 aliphatic heterocycles. The summed E-state index contributed by atoms with van der Waals surface area (Å²) in [4.78, 5) is 28.9. The van der Waals surface area contributed by atoms with Crippen LogP contribution in [0.2, 0.25) is 0 Å². The van der Waals surface area contributed by atoms with E-state index in [2.05, 4.69) is 9.82 Å². The first-order chi connectivity index (χ1) is 8.11. The van der Waals surface area contributed by atoms with Crippen LogP contribution in [0.4, 0.5) is 0 Å². The minimum absolute atomic E-state index is 0.0375. The summed E-state index contributed by atoms with van der Waals surface area (Å²) >= 11 is 0. The number of aliphatic hydroxyl groups is 1. The SMILES string of the molecule is NOC[C@H]1O[C@@H](n2ccc(=O)[nH]c2=O)C[C@@H]1O. The Morgan fingerprint density at radius 3 is 3.06 bits per heavy atom. The van der Waals surface area contributed by atoms with Gasteiger partial charge < -0.3 is 14.7 Å². The zero-order chi connectivity index (χ0) is 12.4. The summed E-state index contributed by atoms with van der Waals surface area (Å²) in [6, 6.07) is 1.21. The number of hydrogen-bond acceptors (Lipinski definition) is 6. The van der Waals surface area contributed by atoms with Gasteiger partial charge in [-0.25, -0.2) is 10.7 Å². The van der Waals surface area contributed by atoms with Gasteiger partial charge in [0.15, 0.2) is 0 Å². The molecule has 1 aromatic rings. The summed E-state index contributed by atoms with van der Waals surface area (Å²) in [6.07, 6.45) is -0.412. The van der Waals surface area contributed by atoms with Crippen molar-refractivity contribution in [3.8, 4) is 0 Å². The van der Waals surface area contributed by atoms with Gasteiger partial charge in [-0.05, 0) is 0 Å². The minimum atomic E-state index is -0.762. The van der Waals surface area contributed by atoms with Crippen LogP contribution >= 0.6 is 0 Å². The fraction of sp³-hybridized carbons (Fsp3) is 0.556. The van der Waals surface area contributed by atoms with Gasteiger partial charge in [0.25, 0.3) is 5.56 Å². The Morgan fingerprint density at radius 1 is 1.65 bits per heavy atom. The highest BCUT2D eigenvalue weighted by Gasteiger charge is 2.35. The summed E-state index contributed by atoms with van der Waals surface area (Å²) < 4.78 is 6.62. The maximum absolute atomic E-state index is 11.5. The molecule has 0 amide bonds. The van der Waals surface area contributed by atoms with E-state index >= 15 is 0 Å². The summed E-state index contributed by atoms with van der Waals surface area (Å²) in [7, 11) is 0. The Balaban J connectivity index is 2.19. The molecule has 0 unspecified atom stereocenters. The maximum atomic E-state index is 11.5. The first kappa shape index (κ1) is 12.0. The first-order valence-corrected chi connectivity index (χ1v) is 5.08. The van der Waals surface area contributed by atoms with E-state index in [0.717, 1.165) is 0 Å². The van der Waals surface area contributed by atoms with Crippen molar-refractivity contribution in [2.45, 2.75) is 24.9 Å². The third kappa shape index (κ3) is 2.44. The molecule has 0 spiro atoms. The van der Waals surface area contributed by atoms with Crippen LogP contribution in [0.1, 0.15) is 12.6 Å².